The van der Waals surface area contributed by atoms with Crippen molar-refractivity contribution in [3.05, 3.63) is 69.8 Å². The quantitative estimate of drug-likeness (QED) is 0.467. The fraction of sp³-hybridized carbons (Fsp3) is 0.188. The van der Waals surface area contributed by atoms with E-state index in [-0.39, 0.29) is 5.56 Å². The van der Waals surface area contributed by atoms with E-state index in [4.69, 9.17) is 4.74 Å². The predicted octanol–water partition coefficient (Wildman–Crippen LogP) is 2.92. The number of esters is 1. The maximum absolute atomic E-state index is 12.2. The third-order valence-corrected chi connectivity index (χ3v) is 4.49. The van der Waals surface area contributed by atoms with Gasteiger partial charge in [0.25, 0.3) is 5.69 Å². The Bertz CT molecular complexity index is 877. The van der Waals surface area contributed by atoms with Crippen molar-refractivity contribution in [2.24, 2.45) is 0 Å². The molecule has 0 saturated heterocycles. The maximum Gasteiger partial charge on any atom is 0.338 e. The minimum absolute atomic E-state index is 0.0862. The van der Waals surface area contributed by atoms with Gasteiger partial charge in [0.1, 0.15) is 11.0 Å². The van der Waals surface area contributed by atoms with Crippen molar-refractivity contribution in [1.82, 2.24) is 0 Å². The molecule has 2 rings (SSSR count). The van der Waals surface area contributed by atoms with Crippen molar-refractivity contribution in [1.29, 1.82) is 0 Å². The zero-order valence-corrected chi connectivity index (χ0v) is 13.8. The number of nitro groups is 1. The number of carbonyl (C=O) groups is 1. The molecule has 126 valence electrons. The monoisotopic (exact) mass is 349 g/mol. The van der Waals surface area contributed by atoms with Crippen LogP contribution >= 0.6 is 0 Å². The van der Waals surface area contributed by atoms with Crippen LogP contribution in [0.4, 0.5) is 5.69 Å². The Morgan fingerprint density at radius 1 is 1.17 bits per heavy atom. The number of nitrogens with zero attached hydrogens (tertiary/aromatic N) is 1. The molecular weight excluding hydrogens is 334 g/mol. The van der Waals surface area contributed by atoms with Crippen LogP contribution in [0.1, 0.15) is 28.9 Å². The van der Waals surface area contributed by atoms with Crippen LogP contribution in [0.3, 0.4) is 0 Å². The van der Waals surface area contributed by atoms with Crippen LogP contribution in [-0.4, -0.2) is 25.6 Å². The van der Waals surface area contributed by atoms with Crippen LogP contribution in [0.25, 0.3) is 0 Å². The van der Waals surface area contributed by atoms with E-state index in [0.717, 1.165) is 24.0 Å². The van der Waals surface area contributed by atoms with Crippen molar-refractivity contribution in [2.75, 3.05) is 6.26 Å². The Morgan fingerprint density at radius 3 is 2.33 bits per heavy atom. The molecule has 0 bridgehead atoms. The molecule has 0 aliphatic carbocycles. The molecule has 0 spiro atoms. The number of rotatable bonds is 5. The molecule has 0 saturated carbocycles. The van der Waals surface area contributed by atoms with E-state index in [1.807, 2.05) is 6.07 Å². The molecule has 0 N–H and O–H groups in total. The molecule has 24 heavy (non-hydrogen) atoms. The van der Waals surface area contributed by atoms with E-state index in [9.17, 15) is 23.3 Å². The van der Waals surface area contributed by atoms with Gasteiger partial charge in [0.15, 0.2) is 9.84 Å². The van der Waals surface area contributed by atoms with Crippen molar-refractivity contribution in [2.45, 2.75) is 17.9 Å². The van der Waals surface area contributed by atoms with Gasteiger partial charge < -0.3 is 4.74 Å². The summed E-state index contributed by atoms with van der Waals surface area (Å²) in [5.41, 5.74) is 0.0318. The molecule has 0 unspecified atom stereocenters. The highest BCUT2D eigenvalue weighted by atomic mass is 32.2. The van der Waals surface area contributed by atoms with E-state index in [1.165, 1.54) is 6.07 Å². The number of nitro benzene ring substituents is 1. The summed E-state index contributed by atoms with van der Waals surface area (Å²) >= 11 is 0. The van der Waals surface area contributed by atoms with E-state index < -0.39 is 37.4 Å². The number of benzene rings is 2. The number of carbonyl (C=O) groups excluding carboxylic acids is 1. The van der Waals surface area contributed by atoms with Gasteiger partial charge in [0.2, 0.25) is 0 Å². The van der Waals surface area contributed by atoms with Crippen LogP contribution in [-0.2, 0) is 14.6 Å². The Morgan fingerprint density at radius 2 is 1.79 bits per heavy atom. The summed E-state index contributed by atoms with van der Waals surface area (Å²) in [5, 5.41) is 11.1. The second-order valence-electron chi connectivity index (χ2n) is 5.17. The van der Waals surface area contributed by atoms with Gasteiger partial charge in [0, 0.05) is 12.3 Å². The molecule has 2 aromatic rings. The van der Waals surface area contributed by atoms with Gasteiger partial charge >= 0.3 is 5.97 Å². The van der Waals surface area contributed by atoms with Gasteiger partial charge in [-0.3, -0.25) is 10.1 Å². The normalized spacial score (nSPS) is 12.4. The molecule has 0 fully saturated rings. The SMILES string of the molecule is C[C@@H](OC(=O)c1ccc(S(C)(=O)=O)c([N+](=O)[O-])c1)c1ccccc1. The molecule has 0 radical (unpaired) electrons. The second-order valence-corrected chi connectivity index (χ2v) is 7.15. The summed E-state index contributed by atoms with van der Waals surface area (Å²) < 4.78 is 28.4. The van der Waals surface area contributed by atoms with Gasteiger partial charge in [-0.15, -0.1) is 0 Å². The van der Waals surface area contributed by atoms with Gasteiger partial charge in [0.05, 0.1) is 10.5 Å². The van der Waals surface area contributed by atoms with Crippen molar-refractivity contribution < 1.29 is 22.9 Å². The van der Waals surface area contributed by atoms with Gasteiger partial charge in [-0.2, -0.15) is 0 Å². The maximum atomic E-state index is 12.2. The first-order valence-electron chi connectivity index (χ1n) is 6.94. The first kappa shape index (κ1) is 17.6. The zero-order valence-electron chi connectivity index (χ0n) is 13.0. The summed E-state index contributed by atoms with van der Waals surface area (Å²) in [5.74, 6) is -0.769. The van der Waals surface area contributed by atoms with Crippen LogP contribution in [0.5, 0.6) is 0 Å². The number of ether oxygens (including phenoxy) is 1. The Kier molecular flexibility index (Phi) is 4.99. The van der Waals surface area contributed by atoms with Crippen molar-refractivity contribution in [3.8, 4) is 0 Å². The smallest absolute Gasteiger partial charge is 0.338 e. The van der Waals surface area contributed by atoms with E-state index in [0.29, 0.717) is 0 Å². The third kappa shape index (κ3) is 3.96. The fourth-order valence-corrected chi connectivity index (χ4v) is 2.95. The molecule has 7 nitrogen and oxygen atoms in total. The molecule has 0 amide bonds. The van der Waals surface area contributed by atoms with Crippen LogP contribution in [0.2, 0.25) is 0 Å². The predicted molar refractivity (Wildman–Crippen MR) is 86.5 cm³/mol. The molecule has 8 heteroatoms. The average Bonchev–Trinajstić information content (AvgIpc) is 2.54. The van der Waals surface area contributed by atoms with Crippen LogP contribution < -0.4 is 0 Å². The summed E-state index contributed by atoms with van der Waals surface area (Å²) in [6.45, 7) is 1.67. The lowest BCUT2D eigenvalue weighted by molar-refractivity contribution is -0.387. The topological polar surface area (TPSA) is 104 Å². The fourth-order valence-electron chi connectivity index (χ4n) is 2.12. The number of hydrogen-bond acceptors (Lipinski definition) is 6. The van der Waals surface area contributed by atoms with Crippen LogP contribution in [0, 0.1) is 10.1 Å². The highest BCUT2D eigenvalue weighted by Gasteiger charge is 2.25. The first-order valence-corrected chi connectivity index (χ1v) is 8.83. The second kappa shape index (κ2) is 6.79. The number of sulfone groups is 1. The van der Waals surface area contributed by atoms with E-state index >= 15 is 0 Å². The van der Waals surface area contributed by atoms with Crippen molar-refractivity contribution >= 4 is 21.5 Å². The lowest BCUT2D eigenvalue weighted by Crippen LogP contribution is -2.11. The van der Waals surface area contributed by atoms with Crippen molar-refractivity contribution in [3.63, 3.8) is 0 Å². The standard InChI is InChI=1S/C16H15NO6S/c1-11(12-6-4-3-5-7-12)23-16(18)13-8-9-15(24(2,21)22)14(10-13)17(19)20/h3-11H,1-2H3/t11-/m1/s1. The lowest BCUT2D eigenvalue weighted by atomic mass is 10.1. The summed E-state index contributed by atoms with van der Waals surface area (Å²) in [4.78, 5) is 22.0. The zero-order chi connectivity index (χ0) is 17.9. The number of hydrogen-bond donors (Lipinski definition) is 0. The molecule has 0 heterocycles. The highest BCUT2D eigenvalue weighted by molar-refractivity contribution is 7.90. The third-order valence-electron chi connectivity index (χ3n) is 3.34. The lowest BCUT2D eigenvalue weighted by Gasteiger charge is -2.13. The first-order chi connectivity index (χ1) is 11.2. The Hall–Kier alpha value is -2.74. The largest absolute Gasteiger partial charge is 0.454 e. The summed E-state index contributed by atoms with van der Waals surface area (Å²) in [6.07, 6.45) is 0.317. The Balaban J connectivity index is 2.30. The minimum Gasteiger partial charge on any atom is -0.454 e. The molecular formula is C16H15NO6S. The van der Waals surface area contributed by atoms with E-state index in [1.54, 1.807) is 31.2 Å². The summed E-state index contributed by atoms with van der Waals surface area (Å²) in [6, 6.07) is 12.1. The van der Waals surface area contributed by atoms with Gasteiger partial charge in [-0.25, -0.2) is 13.2 Å². The molecule has 0 aliphatic heterocycles. The average molecular weight is 349 g/mol. The Labute approximate surface area is 139 Å². The molecule has 2 aromatic carbocycles. The summed E-state index contributed by atoms with van der Waals surface area (Å²) in [7, 11) is -3.78. The minimum atomic E-state index is -3.78. The van der Waals surface area contributed by atoms with Crippen LogP contribution in [0.15, 0.2) is 53.4 Å². The molecule has 1 atom stereocenters. The molecule has 0 aromatic heterocycles. The highest BCUT2D eigenvalue weighted by Crippen LogP contribution is 2.26. The van der Waals surface area contributed by atoms with Gasteiger partial charge in [-0.1, -0.05) is 30.3 Å². The van der Waals surface area contributed by atoms with Gasteiger partial charge in [-0.05, 0) is 24.6 Å². The molecule has 0 aliphatic rings. The van der Waals surface area contributed by atoms with E-state index in [2.05, 4.69) is 0 Å².